The largest absolute Gasteiger partial charge is 0.347 e. The van der Waals surface area contributed by atoms with Crippen molar-refractivity contribution in [3.8, 4) is 0 Å². The van der Waals surface area contributed by atoms with Crippen LogP contribution >= 0.6 is 0 Å². The molecule has 0 aromatic heterocycles. The van der Waals surface area contributed by atoms with E-state index in [-0.39, 0.29) is 17.9 Å². The van der Waals surface area contributed by atoms with Crippen molar-refractivity contribution in [2.24, 2.45) is 5.10 Å². The van der Waals surface area contributed by atoms with Crippen LogP contribution in [-0.4, -0.2) is 84.7 Å². The fourth-order valence-corrected chi connectivity index (χ4v) is 3.92. The number of hydrogen-bond donors (Lipinski definition) is 1. The van der Waals surface area contributed by atoms with Crippen LogP contribution in [0, 0.1) is 0 Å². The molecule has 2 saturated heterocycles. The molecule has 0 radical (unpaired) electrons. The first-order valence-electron chi connectivity index (χ1n) is 9.10. The highest BCUT2D eigenvalue weighted by molar-refractivity contribution is 6.39. The molecule has 7 nitrogen and oxygen atoms in total. The average Bonchev–Trinajstić information content (AvgIpc) is 2.58. The van der Waals surface area contributed by atoms with Crippen molar-refractivity contribution in [3.63, 3.8) is 0 Å². The first kappa shape index (κ1) is 17.4. The van der Waals surface area contributed by atoms with E-state index in [1.807, 2.05) is 0 Å². The molecule has 2 amide bonds. The first-order chi connectivity index (χ1) is 11.5. The maximum absolute atomic E-state index is 12.4. The van der Waals surface area contributed by atoms with Gasteiger partial charge in [-0.05, 0) is 52.4 Å². The molecular formula is C17H29N5O2. The molecule has 1 N–H and O–H groups in total. The van der Waals surface area contributed by atoms with E-state index >= 15 is 0 Å². The van der Waals surface area contributed by atoms with Crippen molar-refractivity contribution in [2.75, 3.05) is 40.3 Å². The summed E-state index contributed by atoms with van der Waals surface area (Å²) in [6.45, 7) is 4.39. The van der Waals surface area contributed by atoms with Crippen LogP contribution < -0.4 is 5.32 Å². The zero-order valence-electron chi connectivity index (χ0n) is 14.8. The van der Waals surface area contributed by atoms with E-state index in [1.165, 1.54) is 17.9 Å². The molecule has 3 aliphatic heterocycles. The monoisotopic (exact) mass is 335 g/mol. The van der Waals surface area contributed by atoms with Gasteiger partial charge in [-0.2, -0.15) is 5.10 Å². The summed E-state index contributed by atoms with van der Waals surface area (Å²) in [5.74, 6) is -0.137. The number of amides is 2. The van der Waals surface area contributed by atoms with Crippen LogP contribution in [0.15, 0.2) is 5.10 Å². The van der Waals surface area contributed by atoms with Gasteiger partial charge in [0, 0.05) is 38.5 Å². The maximum Gasteiger partial charge on any atom is 0.267 e. The molecule has 24 heavy (non-hydrogen) atoms. The zero-order chi connectivity index (χ0) is 17.1. The van der Waals surface area contributed by atoms with E-state index in [9.17, 15) is 9.59 Å². The van der Waals surface area contributed by atoms with E-state index in [1.54, 1.807) is 7.05 Å². The summed E-state index contributed by atoms with van der Waals surface area (Å²) in [7, 11) is 3.79. The molecule has 0 bridgehead atoms. The van der Waals surface area contributed by atoms with Crippen LogP contribution in [0.25, 0.3) is 0 Å². The minimum absolute atomic E-state index is 0.0299. The number of likely N-dealkylation sites (tertiary alicyclic amines) is 2. The quantitative estimate of drug-likeness (QED) is 0.804. The molecule has 0 aromatic carbocycles. The number of hydrogen-bond acceptors (Lipinski definition) is 5. The fraction of sp³-hybridized carbons (Fsp3) is 0.824. The molecule has 0 aliphatic carbocycles. The van der Waals surface area contributed by atoms with Gasteiger partial charge in [0.2, 0.25) is 5.91 Å². The molecular weight excluding hydrogens is 306 g/mol. The Labute approximate surface area is 144 Å². The lowest BCUT2D eigenvalue weighted by Crippen LogP contribution is -2.54. The van der Waals surface area contributed by atoms with Gasteiger partial charge in [-0.3, -0.25) is 14.5 Å². The molecule has 0 saturated carbocycles. The van der Waals surface area contributed by atoms with Gasteiger partial charge in [-0.25, -0.2) is 5.01 Å². The summed E-state index contributed by atoms with van der Waals surface area (Å²) in [5, 5.41) is 8.54. The number of hydrazone groups is 1. The lowest BCUT2D eigenvalue weighted by molar-refractivity contribution is -0.130. The maximum atomic E-state index is 12.4. The van der Waals surface area contributed by atoms with Gasteiger partial charge < -0.3 is 10.2 Å². The summed E-state index contributed by atoms with van der Waals surface area (Å²) in [6, 6.07) is 0.841. The summed E-state index contributed by atoms with van der Waals surface area (Å²) in [6.07, 6.45) is 5.40. The molecule has 1 atom stereocenters. The van der Waals surface area contributed by atoms with Crippen LogP contribution in [0.3, 0.4) is 0 Å². The third-order valence-electron chi connectivity index (χ3n) is 5.46. The zero-order valence-corrected chi connectivity index (χ0v) is 14.8. The minimum Gasteiger partial charge on any atom is -0.347 e. The van der Waals surface area contributed by atoms with E-state index in [4.69, 9.17) is 0 Å². The Morgan fingerprint density at radius 3 is 2.58 bits per heavy atom. The topological polar surface area (TPSA) is 68.2 Å². The molecule has 1 unspecified atom stereocenters. The third-order valence-corrected chi connectivity index (χ3v) is 5.46. The van der Waals surface area contributed by atoms with Crippen molar-refractivity contribution >= 4 is 17.5 Å². The lowest BCUT2D eigenvalue weighted by Gasteiger charge is -2.41. The Kier molecular flexibility index (Phi) is 5.50. The molecule has 3 heterocycles. The Balaban J connectivity index is 1.53. The van der Waals surface area contributed by atoms with Crippen LogP contribution in [0.4, 0.5) is 0 Å². The van der Waals surface area contributed by atoms with E-state index in [0.717, 1.165) is 39.0 Å². The number of carbonyl (C=O) groups excluding carboxylic acids is 2. The summed E-state index contributed by atoms with van der Waals surface area (Å²) >= 11 is 0. The SMILES string of the molecule is CN1CCC(N2CCCC(NC(=O)C3=NN(C)C(=O)CC3)C2)CC1. The second-order valence-corrected chi connectivity index (χ2v) is 7.31. The van der Waals surface area contributed by atoms with Crippen LogP contribution in [0.1, 0.15) is 38.5 Å². The molecule has 2 fully saturated rings. The van der Waals surface area contributed by atoms with Crippen molar-refractivity contribution < 1.29 is 9.59 Å². The Bertz CT molecular complexity index is 513. The van der Waals surface area contributed by atoms with E-state index < -0.39 is 0 Å². The molecule has 3 aliphatic rings. The summed E-state index contributed by atoms with van der Waals surface area (Å²) < 4.78 is 0. The molecule has 7 heteroatoms. The van der Waals surface area contributed by atoms with Gasteiger partial charge in [-0.1, -0.05) is 0 Å². The smallest absolute Gasteiger partial charge is 0.267 e. The van der Waals surface area contributed by atoms with Crippen LogP contribution in [0.2, 0.25) is 0 Å². The van der Waals surface area contributed by atoms with Gasteiger partial charge in [-0.15, -0.1) is 0 Å². The fourth-order valence-electron chi connectivity index (χ4n) is 3.92. The molecule has 0 aromatic rings. The number of carbonyl (C=O) groups is 2. The van der Waals surface area contributed by atoms with Crippen LogP contribution in [0.5, 0.6) is 0 Å². The Hall–Kier alpha value is -1.47. The normalized spacial score (nSPS) is 27.9. The molecule has 3 rings (SSSR count). The standard InChI is InChI=1S/C17H29N5O2/c1-20-10-7-14(8-11-20)22-9-3-4-13(12-22)18-17(24)15-5-6-16(23)21(2)19-15/h13-14H,3-12H2,1-2H3,(H,18,24). The van der Waals surface area contributed by atoms with Crippen molar-refractivity contribution in [1.29, 1.82) is 0 Å². The van der Waals surface area contributed by atoms with Gasteiger partial charge in [0.05, 0.1) is 0 Å². The van der Waals surface area contributed by atoms with Crippen molar-refractivity contribution in [3.05, 3.63) is 0 Å². The third kappa shape index (κ3) is 4.13. The van der Waals surface area contributed by atoms with Crippen LogP contribution in [-0.2, 0) is 9.59 Å². The predicted octanol–water partition coefficient (Wildman–Crippen LogP) is 0.269. The number of nitrogens with one attached hydrogen (secondary N) is 1. The summed E-state index contributed by atoms with van der Waals surface area (Å²) in [5.41, 5.74) is 0.480. The number of nitrogens with zero attached hydrogens (tertiary/aromatic N) is 4. The molecule has 134 valence electrons. The van der Waals surface area contributed by atoms with Gasteiger partial charge in [0.25, 0.3) is 5.91 Å². The highest BCUT2D eigenvalue weighted by atomic mass is 16.2. The minimum atomic E-state index is -0.107. The number of piperidine rings is 2. The number of rotatable bonds is 3. The van der Waals surface area contributed by atoms with Gasteiger partial charge >= 0.3 is 0 Å². The average molecular weight is 335 g/mol. The second-order valence-electron chi connectivity index (χ2n) is 7.31. The van der Waals surface area contributed by atoms with Gasteiger partial charge in [0.15, 0.2) is 0 Å². The van der Waals surface area contributed by atoms with Gasteiger partial charge in [0.1, 0.15) is 5.71 Å². The van der Waals surface area contributed by atoms with Crippen molar-refractivity contribution in [1.82, 2.24) is 20.1 Å². The predicted molar refractivity (Wildman–Crippen MR) is 92.7 cm³/mol. The lowest BCUT2D eigenvalue weighted by atomic mass is 9.98. The molecule has 0 spiro atoms. The highest BCUT2D eigenvalue weighted by Gasteiger charge is 2.30. The Morgan fingerprint density at radius 2 is 1.88 bits per heavy atom. The van der Waals surface area contributed by atoms with E-state index in [0.29, 0.717) is 24.6 Å². The second kappa shape index (κ2) is 7.61. The van der Waals surface area contributed by atoms with Crippen molar-refractivity contribution in [2.45, 2.75) is 50.6 Å². The summed E-state index contributed by atoms with van der Waals surface area (Å²) in [4.78, 5) is 28.9. The first-order valence-corrected chi connectivity index (χ1v) is 9.10. The Morgan fingerprint density at radius 1 is 1.12 bits per heavy atom. The van der Waals surface area contributed by atoms with E-state index in [2.05, 4.69) is 27.3 Å². The highest BCUT2D eigenvalue weighted by Crippen LogP contribution is 2.20.